The monoisotopic (exact) mass is 223 g/mol. The van der Waals surface area contributed by atoms with Crippen molar-refractivity contribution in [2.75, 3.05) is 12.3 Å². The molecule has 0 saturated carbocycles. The minimum Gasteiger partial charge on any atom is -0.330 e. The first-order valence-electron chi connectivity index (χ1n) is 4.41. The van der Waals surface area contributed by atoms with Crippen molar-refractivity contribution in [3.63, 3.8) is 0 Å². The summed E-state index contributed by atoms with van der Waals surface area (Å²) in [4.78, 5) is 23.8. The lowest BCUT2D eigenvalue weighted by Crippen LogP contribution is -2.15. The standard InChI is InChI=1S/C9H9N3O2S/c10-1-2-15-7-3-6(13)8-5(9(7)14)4-11-12-8/h3-4H,1-2,10H2,(H,11,12). The molecule has 0 radical (unpaired) electrons. The molecule has 1 aliphatic carbocycles. The molecule has 15 heavy (non-hydrogen) atoms. The van der Waals surface area contributed by atoms with Gasteiger partial charge in [-0.2, -0.15) is 5.10 Å². The minimum atomic E-state index is -0.207. The van der Waals surface area contributed by atoms with Crippen molar-refractivity contribution in [2.45, 2.75) is 0 Å². The van der Waals surface area contributed by atoms with E-state index in [1.807, 2.05) is 0 Å². The van der Waals surface area contributed by atoms with E-state index in [0.29, 0.717) is 22.8 Å². The fourth-order valence-electron chi connectivity index (χ4n) is 1.31. The number of ketones is 2. The van der Waals surface area contributed by atoms with Crippen molar-refractivity contribution in [3.05, 3.63) is 28.4 Å². The van der Waals surface area contributed by atoms with E-state index in [1.165, 1.54) is 24.0 Å². The minimum absolute atomic E-state index is 0.156. The number of nitrogens with zero attached hydrogens (tertiary/aromatic N) is 1. The molecular weight excluding hydrogens is 214 g/mol. The molecule has 0 unspecified atom stereocenters. The number of H-pyrrole nitrogens is 1. The van der Waals surface area contributed by atoms with Gasteiger partial charge in [-0.15, -0.1) is 11.8 Å². The molecule has 1 aromatic heterocycles. The van der Waals surface area contributed by atoms with E-state index < -0.39 is 0 Å². The van der Waals surface area contributed by atoms with E-state index in [1.54, 1.807) is 0 Å². The highest BCUT2D eigenvalue weighted by molar-refractivity contribution is 8.04. The molecule has 1 aromatic rings. The lowest BCUT2D eigenvalue weighted by molar-refractivity contribution is 0.0989. The normalized spacial score (nSPS) is 15.1. The van der Waals surface area contributed by atoms with Crippen LogP contribution in [-0.2, 0) is 0 Å². The van der Waals surface area contributed by atoms with Gasteiger partial charge < -0.3 is 5.73 Å². The van der Waals surface area contributed by atoms with Gasteiger partial charge in [0.2, 0.25) is 11.6 Å². The topological polar surface area (TPSA) is 88.8 Å². The molecule has 0 atom stereocenters. The van der Waals surface area contributed by atoms with Crippen molar-refractivity contribution in [2.24, 2.45) is 5.73 Å². The molecule has 5 nitrogen and oxygen atoms in total. The van der Waals surface area contributed by atoms with Gasteiger partial charge in [0.1, 0.15) is 5.69 Å². The Hall–Kier alpha value is -1.40. The zero-order valence-electron chi connectivity index (χ0n) is 7.82. The summed E-state index contributed by atoms with van der Waals surface area (Å²) in [7, 11) is 0. The maximum atomic E-state index is 11.8. The molecule has 0 saturated heterocycles. The molecule has 1 aliphatic rings. The van der Waals surface area contributed by atoms with E-state index >= 15 is 0 Å². The molecule has 0 amide bonds. The first-order valence-corrected chi connectivity index (χ1v) is 5.39. The van der Waals surface area contributed by atoms with Gasteiger partial charge in [0.25, 0.3) is 0 Å². The Morgan fingerprint density at radius 2 is 2.27 bits per heavy atom. The highest BCUT2D eigenvalue weighted by atomic mass is 32.2. The number of nitrogens with two attached hydrogens (primary N) is 1. The van der Waals surface area contributed by atoms with Gasteiger partial charge in [0.05, 0.1) is 16.7 Å². The van der Waals surface area contributed by atoms with Crippen LogP contribution >= 0.6 is 11.8 Å². The lowest BCUT2D eigenvalue weighted by atomic mass is 10.0. The molecule has 6 heteroatoms. The Morgan fingerprint density at radius 3 is 3.00 bits per heavy atom. The van der Waals surface area contributed by atoms with E-state index in [2.05, 4.69) is 10.2 Å². The fraction of sp³-hybridized carbons (Fsp3) is 0.222. The number of Topliss-reactive ketones (excluding diaryl/α,β-unsaturated/α-hetero) is 1. The maximum absolute atomic E-state index is 11.8. The van der Waals surface area contributed by atoms with Crippen molar-refractivity contribution < 1.29 is 9.59 Å². The highest BCUT2D eigenvalue weighted by Gasteiger charge is 2.27. The van der Waals surface area contributed by atoms with Gasteiger partial charge in [0, 0.05) is 18.4 Å². The Morgan fingerprint density at radius 1 is 1.47 bits per heavy atom. The summed E-state index contributed by atoms with van der Waals surface area (Å²) >= 11 is 1.30. The van der Waals surface area contributed by atoms with Crippen LogP contribution in [0.25, 0.3) is 0 Å². The van der Waals surface area contributed by atoms with Gasteiger partial charge in [-0.25, -0.2) is 0 Å². The van der Waals surface area contributed by atoms with E-state index in [4.69, 9.17) is 5.73 Å². The second-order valence-corrected chi connectivity index (χ2v) is 4.13. The molecule has 1 heterocycles. The van der Waals surface area contributed by atoms with Crippen LogP contribution in [0.5, 0.6) is 0 Å². The van der Waals surface area contributed by atoms with Crippen LogP contribution in [-0.4, -0.2) is 34.1 Å². The summed E-state index contributed by atoms with van der Waals surface area (Å²) in [5.74, 6) is 0.260. The number of aromatic nitrogens is 2. The average Bonchev–Trinajstić information content (AvgIpc) is 2.70. The maximum Gasteiger partial charge on any atom is 0.205 e. The highest BCUT2D eigenvalue weighted by Crippen LogP contribution is 2.26. The van der Waals surface area contributed by atoms with Crippen LogP contribution in [0.1, 0.15) is 20.8 Å². The lowest BCUT2D eigenvalue weighted by Gasteiger charge is -2.09. The smallest absolute Gasteiger partial charge is 0.205 e. The molecule has 0 aliphatic heterocycles. The summed E-state index contributed by atoms with van der Waals surface area (Å²) in [6, 6.07) is 0. The van der Waals surface area contributed by atoms with Crippen LogP contribution < -0.4 is 5.73 Å². The van der Waals surface area contributed by atoms with Gasteiger partial charge in [-0.05, 0) is 0 Å². The van der Waals surface area contributed by atoms with Gasteiger partial charge >= 0.3 is 0 Å². The Labute approximate surface area is 90.1 Å². The number of hydrogen-bond donors (Lipinski definition) is 2. The van der Waals surface area contributed by atoms with E-state index in [9.17, 15) is 9.59 Å². The predicted molar refractivity (Wildman–Crippen MR) is 56.8 cm³/mol. The van der Waals surface area contributed by atoms with Crippen LogP contribution in [0.2, 0.25) is 0 Å². The SMILES string of the molecule is NCCSC1=CC(=O)c2[nH]ncc2C1=O. The van der Waals surface area contributed by atoms with Crippen LogP contribution in [0.3, 0.4) is 0 Å². The number of aromatic amines is 1. The third-order valence-corrected chi connectivity index (χ3v) is 3.05. The Balaban J connectivity index is 2.30. The number of thioether (sulfide) groups is 1. The number of fused-ring (bicyclic) bond motifs is 1. The zero-order valence-corrected chi connectivity index (χ0v) is 8.63. The summed E-state index contributed by atoms with van der Waals surface area (Å²) in [5, 5.41) is 6.20. The Kier molecular flexibility index (Phi) is 2.70. The van der Waals surface area contributed by atoms with E-state index in [0.717, 1.165) is 0 Å². The van der Waals surface area contributed by atoms with Crippen molar-refractivity contribution in [3.8, 4) is 0 Å². The number of carbonyl (C=O) groups excluding carboxylic acids is 2. The van der Waals surface area contributed by atoms with Gasteiger partial charge in [-0.1, -0.05) is 0 Å². The fourth-order valence-corrected chi connectivity index (χ4v) is 2.08. The van der Waals surface area contributed by atoms with Crippen LogP contribution in [0.4, 0.5) is 0 Å². The predicted octanol–water partition coefficient (Wildman–Crippen LogP) is 0.364. The van der Waals surface area contributed by atoms with E-state index in [-0.39, 0.29) is 17.3 Å². The summed E-state index contributed by atoms with van der Waals surface area (Å²) in [5.41, 5.74) is 5.96. The molecule has 2 rings (SSSR count). The largest absolute Gasteiger partial charge is 0.330 e. The van der Waals surface area contributed by atoms with Crippen molar-refractivity contribution >= 4 is 23.3 Å². The van der Waals surface area contributed by atoms with Gasteiger partial charge in [0.15, 0.2) is 0 Å². The molecular formula is C9H9N3O2S. The molecule has 78 valence electrons. The average molecular weight is 223 g/mol. The van der Waals surface area contributed by atoms with Crippen molar-refractivity contribution in [1.29, 1.82) is 0 Å². The molecule has 0 bridgehead atoms. The van der Waals surface area contributed by atoms with Crippen LogP contribution in [0, 0.1) is 0 Å². The van der Waals surface area contributed by atoms with Crippen molar-refractivity contribution in [1.82, 2.24) is 10.2 Å². The summed E-state index contributed by atoms with van der Waals surface area (Å²) in [6.45, 7) is 0.474. The number of carbonyl (C=O) groups is 2. The second-order valence-electron chi connectivity index (χ2n) is 3.00. The molecule has 0 aromatic carbocycles. The summed E-state index contributed by atoms with van der Waals surface area (Å²) < 4.78 is 0. The molecule has 0 spiro atoms. The summed E-state index contributed by atoms with van der Waals surface area (Å²) in [6.07, 6.45) is 2.72. The number of rotatable bonds is 3. The molecule has 3 N–H and O–H groups in total. The zero-order chi connectivity index (χ0) is 10.8. The first kappa shape index (κ1) is 10.1. The quantitative estimate of drug-likeness (QED) is 0.772. The Bertz CT molecular complexity index is 450. The number of hydrogen-bond acceptors (Lipinski definition) is 5. The number of allylic oxidation sites excluding steroid dienone is 2. The second kappa shape index (κ2) is 4.00. The number of nitrogens with one attached hydrogen (secondary N) is 1. The van der Waals surface area contributed by atoms with Gasteiger partial charge in [-0.3, -0.25) is 14.7 Å². The molecule has 0 fully saturated rings. The third kappa shape index (κ3) is 1.73. The van der Waals surface area contributed by atoms with Crippen LogP contribution in [0.15, 0.2) is 17.2 Å². The first-order chi connectivity index (χ1) is 7.24. The third-order valence-electron chi connectivity index (χ3n) is 1.99.